The Balaban J connectivity index is 2.47. The SMILES string of the molecule is COC(=O)c1ccnc(-c2ccn(C)c(=O)c2)c1. The molecule has 92 valence electrons. The lowest BCUT2D eigenvalue weighted by Gasteiger charge is -2.04. The van der Waals surface area contributed by atoms with Crippen molar-refractivity contribution in [1.29, 1.82) is 0 Å². The zero-order valence-electron chi connectivity index (χ0n) is 10.1. The minimum atomic E-state index is -0.428. The third-order valence-electron chi connectivity index (χ3n) is 2.58. The molecular weight excluding hydrogens is 232 g/mol. The number of methoxy groups -OCH3 is 1. The van der Waals surface area contributed by atoms with E-state index in [9.17, 15) is 9.59 Å². The maximum absolute atomic E-state index is 11.5. The Morgan fingerprint density at radius 1 is 1.33 bits per heavy atom. The number of ether oxygens (including phenoxy) is 1. The number of rotatable bonds is 2. The monoisotopic (exact) mass is 244 g/mol. The van der Waals surface area contributed by atoms with E-state index in [1.54, 1.807) is 31.4 Å². The van der Waals surface area contributed by atoms with Crippen LogP contribution in [0.25, 0.3) is 11.3 Å². The highest BCUT2D eigenvalue weighted by atomic mass is 16.5. The van der Waals surface area contributed by atoms with Crippen LogP contribution < -0.4 is 5.56 Å². The summed E-state index contributed by atoms with van der Waals surface area (Å²) >= 11 is 0. The second kappa shape index (κ2) is 4.83. The first-order chi connectivity index (χ1) is 8.61. The van der Waals surface area contributed by atoms with Crippen LogP contribution in [0.2, 0.25) is 0 Å². The summed E-state index contributed by atoms with van der Waals surface area (Å²) in [6.07, 6.45) is 3.17. The molecule has 2 rings (SSSR count). The quantitative estimate of drug-likeness (QED) is 0.745. The standard InChI is InChI=1S/C13H12N2O3/c1-15-6-4-9(8-12(15)16)11-7-10(3-5-14-11)13(17)18-2/h3-8H,1-2H3. The number of hydrogen-bond acceptors (Lipinski definition) is 4. The molecule has 0 aliphatic carbocycles. The maximum atomic E-state index is 11.5. The molecule has 0 saturated carbocycles. The molecule has 2 heterocycles. The fourth-order valence-corrected chi connectivity index (χ4v) is 1.54. The van der Waals surface area contributed by atoms with Crippen molar-refractivity contribution < 1.29 is 9.53 Å². The van der Waals surface area contributed by atoms with Gasteiger partial charge in [0.15, 0.2) is 0 Å². The highest BCUT2D eigenvalue weighted by molar-refractivity contribution is 5.90. The van der Waals surface area contributed by atoms with Gasteiger partial charge in [0.05, 0.1) is 18.4 Å². The zero-order chi connectivity index (χ0) is 13.1. The first kappa shape index (κ1) is 12.0. The molecule has 0 aliphatic rings. The molecule has 0 spiro atoms. The maximum Gasteiger partial charge on any atom is 0.337 e. The summed E-state index contributed by atoms with van der Waals surface area (Å²) in [6.45, 7) is 0. The topological polar surface area (TPSA) is 61.2 Å². The highest BCUT2D eigenvalue weighted by Gasteiger charge is 2.08. The van der Waals surface area contributed by atoms with Crippen LogP contribution in [0, 0.1) is 0 Å². The van der Waals surface area contributed by atoms with Gasteiger partial charge in [0.2, 0.25) is 0 Å². The third-order valence-corrected chi connectivity index (χ3v) is 2.58. The van der Waals surface area contributed by atoms with Crippen LogP contribution in [0.3, 0.4) is 0 Å². The smallest absolute Gasteiger partial charge is 0.337 e. The van der Waals surface area contributed by atoms with Gasteiger partial charge in [-0.3, -0.25) is 9.78 Å². The van der Waals surface area contributed by atoms with E-state index in [2.05, 4.69) is 9.72 Å². The van der Waals surface area contributed by atoms with Crippen LogP contribution in [-0.4, -0.2) is 22.6 Å². The van der Waals surface area contributed by atoms with Gasteiger partial charge in [-0.2, -0.15) is 0 Å². The summed E-state index contributed by atoms with van der Waals surface area (Å²) in [6, 6.07) is 6.41. The van der Waals surface area contributed by atoms with Gasteiger partial charge in [-0.15, -0.1) is 0 Å². The Labute approximate surface area is 104 Å². The Morgan fingerprint density at radius 2 is 2.11 bits per heavy atom. The summed E-state index contributed by atoms with van der Waals surface area (Å²) < 4.78 is 6.10. The van der Waals surface area contributed by atoms with E-state index in [-0.39, 0.29) is 5.56 Å². The fraction of sp³-hybridized carbons (Fsp3) is 0.154. The molecule has 5 heteroatoms. The van der Waals surface area contributed by atoms with Gasteiger partial charge >= 0.3 is 5.97 Å². The number of aromatic nitrogens is 2. The largest absolute Gasteiger partial charge is 0.465 e. The van der Waals surface area contributed by atoms with Crippen LogP contribution in [0.4, 0.5) is 0 Å². The summed E-state index contributed by atoms with van der Waals surface area (Å²) in [5, 5.41) is 0. The molecule has 0 atom stereocenters. The first-order valence-corrected chi connectivity index (χ1v) is 5.33. The van der Waals surface area contributed by atoms with E-state index in [0.717, 1.165) is 0 Å². The van der Waals surface area contributed by atoms with E-state index in [0.29, 0.717) is 16.8 Å². The van der Waals surface area contributed by atoms with Crippen molar-refractivity contribution in [2.75, 3.05) is 7.11 Å². The van der Waals surface area contributed by atoms with Gasteiger partial charge < -0.3 is 9.30 Å². The van der Waals surface area contributed by atoms with E-state index in [4.69, 9.17) is 0 Å². The van der Waals surface area contributed by atoms with E-state index < -0.39 is 5.97 Å². The molecule has 5 nitrogen and oxygen atoms in total. The highest BCUT2D eigenvalue weighted by Crippen LogP contribution is 2.16. The predicted molar refractivity (Wildman–Crippen MR) is 66.3 cm³/mol. The minimum absolute atomic E-state index is 0.127. The Morgan fingerprint density at radius 3 is 2.78 bits per heavy atom. The molecule has 2 aromatic heterocycles. The van der Waals surface area contributed by atoms with Gasteiger partial charge in [-0.05, 0) is 18.2 Å². The average molecular weight is 244 g/mol. The summed E-state index contributed by atoms with van der Waals surface area (Å²) in [5.74, 6) is -0.428. The Hall–Kier alpha value is -2.43. The second-order valence-corrected chi connectivity index (χ2v) is 3.79. The lowest BCUT2D eigenvalue weighted by atomic mass is 10.1. The molecule has 0 N–H and O–H groups in total. The number of carbonyl (C=O) groups is 1. The molecular formula is C13H12N2O3. The van der Waals surface area contributed by atoms with Crippen molar-refractivity contribution in [2.24, 2.45) is 7.05 Å². The van der Waals surface area contributed by atoms with Crippen molar-refractivity contribution in [1.82, 2.24) is 9.55 Å². The normalized spacial score (nSPS) is 10.1. The van der Waals surface area contributed by atoms with Crippen molar-refractivity contribution in [3.8, 4) is 11.3 Å². The lowest BCUT2D eigenvalue weighted by Crippen LogP contribution is -2.14. The number of hydrogen-bond donors (Lipinski definition) is 0. The minimum Gasteiger partial charge on any atom is -0.465 e. The van der Waals surface area contributed by atoms with E-state index in [1.165, 1.54) is 23.9 Å². The van der Waals surface area contributed by atoms with Crippen LogP contribution in [-0.2, 0) is 11.8 Å². The summed E-state index contributed by atoms with van der Waals surface area (Å²) in [5.41, 5.74) is 1.51. The molecule has 18 heavy (non-hydrogen) atoms. The Bertz CT molecular complexity index is 647. The van der Waals surface area contributed by atoms with Gasteiger partial charge in [0.25, 0.3) is 5.56 Å². The van der Waals surface area contributed by atoms with Gasteiger partial charge in [0, 0.05) is 31.1 Å². The third kappa shape index (κ3) is 2.29. The molecule has 2 aromatic rings. The number of esters is 1. The number of aryl methyl sites for hydroxylation is 1. The molecule has 0 aromatic carbocycles. The molecule has 0 unspecified atom stereocenters. The first-order valence-electron chi connectivity index (χ1n) is 5.33. The van der Waals surface area contributed by atoms with E-state index in [1.807, 2.05) is 0 Å². The van der Waals surface area contributed by atoms with E-state index >= 15 is 0 Å². The number of pyridine rings is 2. The summed E-state index contributed by atoms with van der Waals surface area (Å²) in [7, 11) is 2.99. The molecule has 0 amide bonds. The van der Waals surface area contributed by atoms with Gasteiger partial charge in [-0.1, -0.05) is 0 Å². The molecule has 0 aliphatic heterocycles. The molecule has 0 radical (unpaired) electrons. The number of carbonyl (C=O) groups excluding carboxylic acids is 1. The van der Waals surface area contributed by atoms with Crippen molar-refractivity contribution >= 4 is 5.97 Å². The van der Waals surface area contributed by atoms with Crippen LogP contribution in [0.5, 0.6) is 0 Å². The van der Waals surface area contributed by atoms with Crippen LogP contribution in [0.1, 0.15) is 10.4 Å². The predicted octanol–water partition coefficient (Wildman–Crippen LogP) is 1.23. The van der Waals surface area contributed by atoms with Crippen molar-refractivity contribution in [3.63, 3.8) is 0 Å². The molecule has 0 saturated heterocycles. The summed E-state index contributed by atoms with van der Waals surface area (Å²) in [4.78, 5) is 27.1. The average Bonchev–Trinajstić information content (AvgIpc) is 2.41. The van der Waals surface area contributed by atoms with Crippen molar-refractivity contribution in [3.05, 3.63) is 52.6 Å². The second-order valence-electron chi connectivity index (χ2n) is 3.79. The Kier molecular flexibility index (Phi) is 3.23. The number of nitrogens with zero attached hydrogens (tertiary/aromatic N) is 2. The van der Waals surface area contributed by atoms with Gasteiger partial charge in [-0.25, -0.2) is 4.79 Å². The van der Waals surface area contributed by atoms with Crippen LogP contribution in [0.15, 0.2) is 41.5 Å². The molecule has 0 bridgehead atoms. The van der Waals surface area contributed by atoms with Crippen molar-refractivity contribution in [2.45, 2.75) is 0 Å². The lowest BCUT2D eigenvalue weighted by molar-refractivity contribution is 0.0600. The van der Waals surface area contributed by atoms with Gasteiger partial charge in [0.1, 0.15) is 0 Å². The fourth-order valence-electron chi connectivity index (χ4n) is 1.54. The molecule has 0 fully saturated rings. The zero-order valence-corrected chi connectivity index (χ0v) is 10.1. The van der Waals surface area contributed by atoms with Crippen LogP contribution >= 0.6 is 0 Å².